The predicted octanol–water partition coefficient (Wildman–Crippen LogP) is 4.76. The van der Waals surface area contributed by atoms with Gasteiger partial charge in [-0.3, -0.25) is 0 Å². The van der Waals surface area contributed by atoms with Crippen LogP contribution in [0, 0.1) is 0 Å². The van der Waals surface area contributed by atoms with Gasteiger partial charge in [0, 0.05) is 19.2 Å². The summed E-state index contributed by atoms with van der Waals surface area (Å²) in [5, 5.41) is 0.478. The van der Waals surface area contributed by atoms with Crippen LogP contribution in [0.15, 0.2) is 59.0 Å². The Morgan fingerprint density at radius 1 is 1.17 bits per heavy atom. The average Bonchev–Trinajstić information content (AvgIpc) is 3.03. The van der Waals surface area contributed by atoms with E-state index in [-0.39, 0.29) is 6.10 Å². The summed E-state index contributed by atoms with van der Waals surface area (Å²) in [7, 11) is 0. The molecule has 1 heterocycles. The van der Waals surface area contributed by atoms with Gasteiger partial charge in [0.15, 0.2) is 16.7 Å². The van der Waals surface area contributed by atoms with Crippen LogP contribution in [0.4, 0.5) is 5.69 Å². The van der Waals surface area contributed by atoms with Gasteiger partial charge >= 0.3 is 0 Å². The summed E-state index contributed by atoms with van der Waals surface area (Å²) in [5.41, 5.74) is 2.71. The maximum atomic E-state index is 5.89. The first kappa shape index (κ1) is 16.5. The van der Waals surface area contributed by atoms with Gasteiger partial charge in [0.2, 0.25) is 5.89 Å². The smallest absolute Gasteiger partial charge is 0.238 e. The van der Waals surface area contributed by atoms with Crippen LogP contribution >= 0.6 is 12.2 Å². The molecule has 4 nitrogen and oxygen atoms in total. The van der Waals surface area contributed by atoms with E-state index in [1.54, 1.807) is 6.92 Å². The van der Waals surface area contributed by atoms with Crippen LogP contribution in [0.5, 0.6) is 0 Å². The number of thiocarbonyl (C=S) groups is 1. The summed E-state index contributed by atoms with van der Waals surface area (Å²) in [6, 6.07) is 17.9. The van der Waals surface area contributed by atoms with E-state index in [1.165, 1.54) is 0 Å². The minimum atomic E-state index is -0.352. The first-order chi connectivity index (χ1) is 11.7. The minimum absolute atomic E-state index is 0.352. The van der Waals surface area contributed by atoms with Gasteiger partial charge in [0.05, 0.1) is 6.54 Å². The number of anilines is 1. The fourth-order valence-corrected chi connectivity index (χ4v) is 2.77. The highest BCUT2D eigenvalue weighted by molar-refractivity contribution is 7.80. The molecular formula is C19H20N2O2S. The van der Waals surface area contributed by atoms with Gasteiger partial charge in [-0.1, -0.05) is 30.3 Å². The SMILES string of the molecule is CCN(CC(OC(C)=S)c1nc2ccccc2o1)c1ccccc1. The number of likely N-dealkylation sites (N-methyl/N-ethyl adjacent to an activating group) is 1. The summed E-state index contributed by atoms with van der Waals surface area (Å²) >= 11 is 5.15. The Bertz CT molecular complexity index is 783. The van der Waals surface area contributed by atoms with E-state index in [9.17, 15) is 0 Å². The molecule has 0 fully saturated rings. The molecule has 0 bridgehead atoms. The quantitative estimate of drug-likeness (QED) is 0.605. The van der Waals surface area contributed by atoms with Crippen LogP contribution in [0.25, 0.3) is 11.1 Å². The second-order valence-corrected chi connectivity index (χ2v) is 6.07. The first-order valence-electron chi connectivity index (χ1n) is 8.00. The van der Waals surface area contributed by atoms with Crippen molar-refractivity contribution in [3.05, 3.63) is 60.5 Å². The molecule has 0 aliphatic heterocycles. The van der Waals surface area contributed by atoms with Crippen molar-refractivity contribution in [1.29, 1.82) is 0 Å². The van der Waals surface area contributed by atoms with Crippen molar-refractivity contribution in [3.63, 3.8) is 0 Å². The molecule has 0 saturated heterocycles. The second kappa shape index (κ2) is 7.45. The lowest BCUT2D eigenvalue weighted by Crippen LogP contribution is -2.30. The Morgan fingerprint density at radius 3 is 2.54 bits per heavy atom. The number of fused-ring (bicyclic) bond motifs is 1. The highest BCUT2D eigenvalue weighted by Crippen LogP contribution is 2.25. The van der Waals surface area contributed by atoms with Crippen molar-refractivity contribution in [2.45, 2.75) is 20.0 Å². The molecule has 0 aliphatic rings. The standard InChI is InChI=1S/C19H20N2O2S/c1-3-21(15-9-5-4-6-10-15)13-18(22-14(2)24)19-20-16-11-7-8-12-17(16)23-19/h4-12,18H,3,13H2,1-2H3. The van der Waals surface area contributed by atoms with Gasteiger partial charge in [-0.2, -0.15) is 0 Å². The van der Waals surface area contributed by atoms with Gasteiger partial charge in [-0.15, -0.1) is 0 Å². The highest BCUT2D eigenvalue weighted by atomic mass is 32.1. The molecule has 0 radical (unpaired) electrons. The molecule has 1 atom stereocenters. The molecule has 5 heteroatoms. The van der Waals surface area contributed by atoms with Crippen molar-refractivity contribution in [3.8, 4) is 0 Å². The zero-order valence-electron chi connectivity index (χ0n) is 13.8. The number of hydrogen-bond acceptors (Lipinski definition) is 5. The number of nitrogens with zero attached hydrogens (tertiary/aromatic N) is 2. The monoisotopic (exact) mass is 340 g/mol. The molecule has 3 aromatic rings. The third kappa shape index (κ3) is 3.74. The van der Waals surface area contributed by atoms with Crippen molar-refractivity contribution in [1.82, 2.24) is 4.98 Å². The maximum Gasteiger partial charge on any atom is 0.238 e. The zero-order chi connectivity index (χ0) is 16.9. The van der Waals surface area contributed by atoms with Gasteiger partial charge in [-0.05, 0) is 43.4 Å². The van der Waals surface area contributed by atoms with E-state index in [0.29, 0.717) is 17.5 Å². The summed E-state index contributed by atoms with van der Waals surface area (Å²) in [5.74, 6) is 0.551. The van der Waals surface area contributed by atoms with Crippen LogP contribution in [0.1, 0.15) is 25.8 Å². The molecular weight excluding hydrogens is 320 g/mol. The Kier molecular flexibility index (Phi) is 5.11. The molecule has 0 amide bonds. The van der Waals surface area contributed by atoms with E-state index in [4.69, 9.17) is 21.4 Å². The normalized spacial score (nSPS) is 12.1. The number of para-hydroxylation sites is 3. The number of rotatable bonds is 6. The second-order valence-electron chi connectivity index (χ2n) is 5.49. The van der Waals surface area contributed by atoms with E-state index >= 15 is 0 Å². The molecule has 0 aliphatic carbocycles. The molecule has 2 aromatic carbocycles. The van der Waals surface area contributed by atoms with Crippen LogP contribution in [0.3, 0.4) is 0 Å². The lowest BCUT2D eigenvalue weighted by atomic mass is 10.2. The Hall–Kier alpha value is -2.40. The maximum absolute atomic E-state index is 5.89. The van der Waals surface area contributed by atoms with Crippen LogP contribution in [0.2, 0.25) is 0 Å². The predicted molar refractivity (Wildman–Crippen MR) is 100 cm³/mol. The fourth-order valence-electron chi connectivity index (χ4n) is 2.65. The molecule has 0 spiro atoms. The topological polar surface area (TPSA) is 38.5 Å². The molecule has 3 rings (SSSR count). The molecule has 0 N–H and O–H groups in total. The van der Waals surface area contributed by atoms with Crippen LogP contribution < -0.4 is 4.90 Å². The van der Waals surface area contributed by atoms with Gasteiger partial charge in [0.25, 0.3) is 0 Å². The fraction of sp³-hybridized carbons (Fsp3) is 0.263. The number of oxazole rings is 1. The van der Waals surface area contributed by atoms with Crippen LogP contribution in [-0.4, -0.2) is 23.1 Å². The van der Waals surface area contributed by atoms with E-state index in [1.807, 2.05) is 42.5 Å². The molecule has 124 valence electrons. The number of hydrogen-bond donors (Lipinski definition) is 0. The minimum Gasteiger partial charge on any atom is -0.473 e. The Balaban J connectivity index is 1.89. The molecule has 1 aromatic heterocycles. The number of ether oxygens (including phenoxy) is 1. The van der Waals surface area contributed by atoms with Crippen molar-refractivity contribution in [2.24, 2.45) is 0 Å². The molecule has 24 heavy (non-hydrogen) atoms. The van der Waals surface area contributed by atoms with Gasteiger partial charge in [0.1, 0.15) is 5.52 Å². The van der Waals surface area contributed by atoms with Gasteiger partial charge in [-0.25, -0.2) is 4.98 Å². The van der Waals surface area contributed by atoms with E-state index < -0.39 is 0 Å². The number of aromatic nitrogens is 1. The van der Waals surface area contributed by atoms with E-state index in [0.717, 1.165) is 23.3 Å². The Labute approximate surface area is 147 Å². The lowest BCUT2D eigenvalue weighted by molar-refractivity contribution is 0.168. The van der Waals surface area contributed by atoms with Crippen molar-refractivity contribution < 1.29 is 9.15 Å². The number of benzene rings is 2. The molecule has 0 saturated carbocycles. The summed E-state index contributed by atoms with van der Waals surface area (Å²) < 4.78 is 11.7. The van der Waals surface area contributed by atoms with E-state index in [2.05, 4.69) is 28.9 Å². The third-order valence-electron chi connectivity index (χ3n) is 3.78. The summed E-state index contributed by atoms with van der Waals surface area (Å²) in [6.45, 7) is 5.34. The largest absolute Gasteiger partial charge is 0.473 e. The Morgan fingerprint density at radius 2 is 1.88 bits per heavy atom. The first-order valence-corrected chi connectivity index (χ1v) is 8.41. The average molecular weight is 340 g/mol. The summed E-state index contributed by atoms with van der Waals surface area (Å²) in [4.78, 5) is 6.79. The summed E-state index contributed by atoms with van der Waals surface area (Å²) in [6.07, 6.45) is -0.352. The third-order valence-corrected chi connectivity index (χ3v) is 3.88. The highest BCUT2D eigenvalue weighted by Gasteiger charge is 2.23. The van der Waals surface area contributed by atoms with Crippen molar-refractivity contribution >= 4 is 34.1 Å². The van der Waals surface area contributed by atoms with Crippen molar-refractivity contribution in [2.75, 3.05) is 18.0 Å². The zero-order valence-corrected chi connectivity index (χ0v) is 14.6. The lowest BCUT2D eigenvalue weighted by Gasteiger charge is -2.27. The van der Waals surface area contributed by atoms with Gasteiger partial charge < -0.3 is 14.1 Å². The molecule has 1 unspecified atom stereocenters. The van der Waals surface area contributed by atoms with Crippen LogP contribution in [-0.2, 0) is 4.74 Å².